The molecule has 0 heterocycles. The van der Waals surface area contributed by atoms with Gasteiger partial charge in [-0.05, 0) is 52.2 Å². The van der Waals surface area contributed by atoms with Gasteiger partial charge in [-0.15, -0.1) is 0 Å². The Kier molecular flexibility index (Phi) is 7.20. The third-order valence-corrected chi connectivity index (χ3v) is 5.79. The van der Waals surface area contributed by atoms with Gasteiger partial charge in [-0.1, -0.05) is 26.0 Å². The molecule has 0 unspecified atom stereocenters. The number of hydrogen-bond acceptors (Lipinski definition) is 5. The average Bonchev–Trinajstić information content (AvgIpc) is 2.65. The predicted octanol–water partition coefficient (Wildman–Crippen LogP) is 3.42. The van der Waals surface area contributed by atoms with E-state index in [2.05, 4.69) is 30.7 Å². The number of nitrogens with one attached hydrogen (secondary N) is 2. The van der Waals surface area contributed by atoms with Gasteiger partial charge in [-0.3, -0.25) is 9.52 Å². The van der Waals surface area contributed by atoms with Gasteiger partial charge in [0.2, 0.25) is 0 Å². The fourth-order valence-electron chi connectivity index (χ4n) is 2.30. The van der Waals surface area contributed by atoms with E-state index in [1.165, 1.54) is 37.4 Å². The molecule has 9 heteroatoms. The highest BCUT2D eigenvalue weighted by Crippen LogP contribution is 2.25. The van der Waals surface area contributed by atoms with E-state index >= 15 is 0 Å². The Labute approximate surface area is 172 Å². The Bertz CT molecular complexity index is 990. The highest BCUT2D eigenvalue weighted by atomic mass is 79.9. The van der Waals surface area contributed by atoms with E-state index < -0.39 is 16.0 Å². The van der Waals surface area contributed by atoms with Gasteiger partial charge >= 0.3 is 5.97 Å². The normalized spacial score (nSPS) is 11.2. The van der Waals surface area contributed by atoms with Crippen LogP contribution in [0.5, 0.6) is 0 Å². The molecule has 2 N–H and O–H groups in total. The van der Waals surface area contributed by atoms with E-state index in [1.54, 1.807) is 12.1 Å². The van der Waals surface area contributed by atoms with E-state index in [0.29, 0.717) is 11.0 Å². The number of carbonyl (C=O) groups is 2. The number of methoxy groups -OCH3 is 1. The van der Waals surface area contributed by atoms with Crippen LogP contribution in [0.1, 0.15) is 34.6 Å². The molecule has 0 saturated carbocycles. The number of hydrogen-bond donors (Lipinski definition) is 2. The van der Waals surface area contributed by atoms with Gasteiger partial charge in [-0.2, -0.15) is 0 Å². The van der Waals surface area contributed by atoms with Gasteiger partial charge in [0.15, 0.2) is 0 Å². The maximum absolute atomic E-state index is 12.8. The maximum atomic E-state index is 12.8. The average molecular weight is 469 g/mol. The third kappa shape index (κ3) is 5.32. The summed E-state index contributed by atoms with van der Waals surface area (Å²) in [5, 5.41) is 2.76. The maximum Gasteiger partial charge on any atom is 0.339 e. The quantitative estimate of drug-likeness (QED) is 0.606. The number of amides is 1. The predicted molar refractivity (Wildman–Crippen MR) is 110 cm³/mol. The van der Waals surface area contributed by atoms with Crippen LogP contribution in [0.15, 0.2) is 51.8 Å². The fraction of sp³-hybridized carbons (Fsp3) is 0.263. The second kappa shape index (κ2) is 9.20. The summed E-state index contributed by atoms with van der Waals surface area (Å²) in [6, 6.07) is 10.3. The summed E-state index contributed by atoms with van der Waals surface area (Å²) >= 11 is 3.20. The minimum absolute atomic E-state index is 0.0772. The second-order valence-electron chi connectivity index (χ2n) is 6.39. The van der Waals surface area contributed by atoms with Crippen molar-refractivity contribution in [2.24, 2.45) is 5.92 Å². The summed E-state index contributed by atoms with van der Waals surface area (Å²) < 4.78 is 33.1. The Morgan fingerprint density at radius 2 is 1.79 bits per heavy atom. The van der Waals surface area contributed by atoms with Crippen LogP contribution in [-0.2, 0) is 14.8 Å². The molecule has 0 saturated heterocycles. The van der Waals surface area contributed by atoms with Crippen molar-refractivity contribution < 1.29 is 22.7 Å². The largest absolute Gasteiger partial charge is 0.465 e. The number of ether oxygens (including phenoxy) is 1. The minimum atomic E-state index is -4.04. The summed E-state index contributed by atoms with van der Waals surface area (Å²) in [5.41, 5.74) is 0.427. The molecule has 0 aliphatic rings. The molecule has 2 aromatic carbocycles. The topological polar surface area (TPSA) is 102 Å². The van der Waals surface area contributed by atoms with Gasteiger partial charge in [0.1, 0.15) is 0 Å². The first-order chi connectivity index (χ1) is 13.2. The highest BCUT2D eigenvalue weighted by molar-refractivity contribution is 9.10. The molecule has 7 nitrogen and oxygen atoms in total. The van der Waals surface area contributed by atoms with Crippen molar-refractivity contribution in [1.82, 2.24) is 5.32 Å². The first-order valence-corrected chi connectivity index (χ1v) is 10.7. The van der Waals surface area contributed by atoms with Crippen molar-refractivity contribution in [3.05, 3.63) is 58.1 Å². The lowest BCUT2D eigenvalue weighted by molar-refractivity contribution is 0.0599. The molecule has 2 aromatic rings. The Morgan fingerprint density at radius 3 is 2.43 bits per heavy atom. The third-order valence-electron chi connectivity index (χ3n) is 3.74. The number of carbonyl (C=O) groups excluding carboxylic acids is 2. The summed E-state index contributed by atoms with van der Waals surface area (Å²) in [7, 11) is -2.83. The van der Waals surface area contributed by atoms with Gasteiger partial charge in [-0.25, -0.2) is 13.2 Å². The number of para-hydroxylation sites is 1. The lowest BCUT2D eigenvalue weighted by Crippen LogP contribution is -2.28. The van der Waals surface area contributed by atoms with E-state index in [1.807, 2.05) is 13.8 Å². The van der Waals surface area contributed by atoms with Crippen LogP contribution in [0.3, 0.4) is 0 Å². The summed E-state index contributed by atoms with van der Waals surface area (Å²) in [6.07, 6.45) is 0. The molecule has 0 bridgehead atoms. The van der Waals surface area contributed by atoms with Gasteiger partial charge < -0.3 is 10.1 Å². The van der Waals surface area contributed by atoms with E-state index in [-0.39, 0.29) is 33.5 Å². The molecule has 2 rings (SSSR count). The molecule has 150 valence electrons. The van der Waals surface area contributed by atoms with Gasteiger partial charge in [0.25, 0.3) is 15.9 Å². The Hall–Kier alpha value is -2.39. The Morgan fingerprint density at radius 1 is 1.11 bits per heavy atom. The monoisotopic (exact) mass is 468 g/mol. The fourth-order valence-corrected chi connectivity index (χ4v) is 3.82. The lowest BCUT2D eigenvalue weighted by atomic mass is 10.1. The van der Waals surface area contributed by atoms with Gasteiger partial charge in [0, 0.05) is 11.0 Å². The molecule has 28 heavy (non-hydrogen) atoms. The number of benzene rings is 2. The van der Waals surface area contributed by atoms with Crippen LogP contribution in [0.25, 0.3) is 0 Å². The van der Waals surface area contributed by atoms with Crippen molar-refractivity contribution in [2.45, 2.75) is 18.7 Å². The van der Waals surface area contributed by atoms with E-state index in [4.69, 9.17) is 0 Å². The number of sulfonamides is 1. The SMILES string of the molecule is COC(=O)c1cc(S(=O)(=O)Nc2ccccc2C(=O)NCC(C)C)ccc1Br. The van der Waals surface area contributed by atoms with Crippen molar-refractivity contribution in [2.75, 3.05) is 18.4 Å². The van der Waals surface area contributed by atoms with E-state index in [0.717, 1.165) is 0 Å². The Balaban J connectivity index is 2.35. The number of anilines is 1. The molecule has 0 aliphatic carbocycles. The first-order valence-electron chi connectivity index (χ1n) is 8.43. The lowest BCUT2D eigenvalue weighted by Gasteiger charge is -2.14. The first kappa shape index (κ1) is 21.9. The molecule has 0 aliphatic heterocycles. The number of halogens is 1. The molecular formula is C19H21BrN2O5S. The zero-order valence-corrected chi connectivity index (χ0v) is 18.1. The van der Waals surface area contributed by atoms with Crippen LogP contribution in [0.4, 0.5) is 5.69 Å². The number of esters is 1. The molecule has 0 aromatic heterocycles. The summed E-state index contributed by atoms with van der Waals surface area (Å²) in [6.45, 7) is 4.39. The van der Waals surface area contributed by atoms with Crippen LogP contribution < -0.4 is 10.0 Å². The van der Waals surface area contributed by atoms with Crippen molar-refractivity contribution in [1.29, 1.82) is 0 Å². The van der Waals surface area contributed by atoms with Crippen LogP contribution in [0.2, 0.25) is 0 Å². The second-order valence-corrected chi connectivity index (χ2v) is 8.92. The van der Waals surface area contributed by atoms with Crippen LogP contribution in [-0.4, -0.2) is 33.9 Å². The van der Waals surface area contributed by atoms with Crippen molar-refractivity contribution in [3.63, 3.8) is 0 Å². The standard InChI is InChI=1S/C19H21BrN2O5S/c1-12(2)11-21-18(23)14-6-4-5-7-17(14)22-28(25,26)13-8-9-16(20)15(10-13)19(24)27-3/h4-10,12,22H,11H2,1-3H3,(H,21,23). The van der Waals surface area contributed by atoms with Crippen molar-refractivity contribution in [3.8, 4) is 0 Å². The van der Waals surface area contributed by atoms with Crippen LogP contribution in [0, 0.1) is 5.92 Å². The zero-order valence-electron chi connectivity index (χ0n) is 15.7. The minimum Gasteiger partial charge on any atom is -0.465 e. The van der Waals surface area contributed by atoms with Gasteiger partial charge in [0.05, 0.1) is 28.8 Å². The molecule has 0 spiro atoms. The van der Waals surface area contributed by atoms with Crippen LogP contribution >= 0.6 is 15.9 Å². The molecular weight excluding hydrogens is 448 g/mol. The van der Waals surface area contributed by atoms with Crippen molar-refractivity contribution >= 4 is 43.5 Å². The zero-order chi connectivity index (χ0) is 20.9. The number of rotatable bonds is 7. The highest BCUT2D eigenvalue weighted by Gasteiger charge is 2.21. The summed E-state index contributed by atoms with van der Waals surface area (Å²) in [5.74, 6) is -0.789. The molecule has 1 amide bonds. The van der Waals surface area contributed by atoms with E-state index in [9.17, 15) is 18.0 Å². The smallest absolute Gasteiger partial charge is 0.339 e. The molecule has 0 atom stereocenters. The summed E-state index contributed by atoms with van der Waals surface area (Å²) in [4.78, 5) is 24.1. The molecule has 0 radical (unpaired) electrons. The molecule has 0 fully saturated rings.